The van der Waals surface area contributed by atoms with E-state index >= 15 is 0 Å². The van der Waals surface area contributed by atoms with Crippen LogP contribution in [0.25, 0.3) is 0 Å². The quantitative estimate of drug-likeness (QED) is 0.768. The maximum Gasteiger partial charge on any atom is 0.255 e. The summed E-state index contributed by atoms with van der Waals surface area (Å²) >= 11 is 5.73. The topological polar surface area (TPSA) is 29.1 Å². The Morgan fingerprint density at radius 2 is 2.20 bits per heavy atom. The van der Waals surface area contributed by atoms with Crippen LogP contribution in [0.15, 0.2) is 46.0 Å². The smallest absolute Gasteiger partial charge is 0.255 e. The second-order valence-electron chi connectivity index (χ2n) is 3.02. The van der Waals surface area contributed by atoms with Gasteiger partial charge in [0.05, 0.1) is 5.69 Å². The van der Waals surface area contributed by atoms with Gasteiger partial charge in [0.25, 0.3) is 5.91 Å². The van der Waals surface area contributed by atoms with E-state index in [4.69, 9.17) is 0 Å². The lowest BCUT2D eigenvalue weighted by Gasteiger charge is -2.02. The molecule has 0 aliphatic carbocycles. The van der Waals surface area contributed by atoms with E-state index in [-0.39, 0.29) is 5.91 Å². The Labute approximate surface area is 97.4 Å². The molecule has 2 nitrogen and oxygen atoms in total. The monoisotopic (exact) mass is 235 g/mol. The molecule has 0 bridgehead atoms. The molecule has 2 aromatic rings. The molecule has 1 heterocycles. The summed E-state index contributed by atoms with van der Waals surface area (Å²) in [5.41, 5.74) is 1.45. The summed E-state index contributed by atoms with van der Waals surface area (Å²) in [6.45, 7) is 0. The van der Waals surface area contributed by atoms with Crippen molar-refractivity contribution in [3.8, 4) is 0 Å². The van der Waals surface area contributed by atoms with E-state index < -0.39 is 0 Å². The number of benzene rings is 1. The highest BCUT2D eigenvalue weighted by Crippen LogP contribution is 2.14. The van der Waals surface area contributed by atoms with Crippen molar-refractivity contribution in [3.63, 3.8) is 0 Å². The van der Waals surface area contributed by atoms with E-state index in [0.717, 1.165) is 10.6 Å². The predicted octanol–water partition coefficient (Wildman–Crippen LogP) is 3.29. The van der Waals surface area contributed by atoms with Crippen LogP contribution in [0, 0.1) is 0 Å². The molecule has 0 saturated heterocycles. The minimum absolute atomic E-state index is 0.107. The Morgan fingerprint density at radius 1 is 1.33 bits per heavy atom. The maximum absolute atomic E-state index is 11.7. The molecule has 1 amide bonds. The maximum atomic E-state index is 11.7. The van der Waals surface area contributed by atoms with Gasteiger partial charge in [-0.25, -0.2) is 0 Å². The highest BCUT2D eigenvalue weighted by Gasteiger charge is 2.05. The molecule has 76 valence electrons. The van der Waals surface area contributed by atoms with Gasteiger partial charge < -0.3 is 5.32 Å². The summed E-state index contributed by atoms with van der Waals surface area (Å²) in [5.74, 6) is -0.107. The van der Waals surface area contributed by atoms with Crippen LogP contribution in [0.2, 0.25) is 0 Å². The lowest BCUT2D eigenvalue weighted by atomic mass is 10.2. The van der Waals surface area contributed by atoms with Gasteiger partial charge in [0.2, 0.25) is 0 Å². The summed E-state index contributed by atoms with van der Waals surface area (Å²) in [6, 6.07) is 9.02. The number of carbonyl (C=O) groups is 1. The summed E-state index contributed by atoms with van der Waals surface area (Å²) in [4.78, 5) is 12.5. The van der Waals surface area contributed by atoms with Gasteiger partial charge >= 0.3 is 0 Å². The van der Waals surface area contributed by atoms with E-state index in [1.165, 1.54) is 0 Å². The predicted molar refractivity (Wildman–Crippen MR) is 66.0 cm³/mol. The molecule has 15 heavy (non-hydrogen) atoms. The fourth-order valence-electron chi connectivity index (χ4n) is 1.19. The molecule has 0 unspecified atom stereocenters. The van der Waals surface area contributed by atoms with Crippen molar-refractivity contribution in [2.75, 3.05) is 5.32 Å². The summed E-state index contributed by atoms with van der Waals surface area (Å²) in [6.07, 6.45) is 0. The van der Waals surface area contributed by atoms with Gasteiger partial charge in [-0.2, -0.15) is 11.3 Å². The number of hydrogen-bond acceptors (Lipinski definition) is 3. The average molecular weight is 235 g/mol. The van der Waals surface area contributed by atoms with Gasteiger partial charge in [0.15, 0.2) is 0 Å². The molecule has 0 aliphatic rings. The van der Waals surface area contributed by atoms with Crippen molar-refractivity contribution in [1.82, 2.24) is 0 Å². The van der Waals surface area contributed by atoms with Crippen LogP contribution in [0.1, 0.15) is 10.4 Å². The standard InChI is InChI=1S/C11H9NOS2/c13-11(12-9-4-5-15-7-9)8-2-1-3-10(14)6-8/h1-7,14H,(H,12,13). The minimum atomic E-state index is -0.107. The molecular weight excluding hydrogens is 226 g/mol. The van der Waals surface area contributed by atoms with Crippen molar-refractivity contribution in [2.24, 2.45) is 0 Å². The SMILES string of the molecule is O=C(Nc1ccsc1)c1cccc(S)c1. The van der Waals surface area contributed by atoms with E-state index in [1.807, 2.05) is 29.0 Å². The highest BCUT2D eigenvalue weighted by atomic mass is 32.1. The Morgan fingerprint density at radius 3 is 2.87 bits per heavy atom. The van der Waals surface area contributed by atoms with Crippen molar-refractivity contribution >= 4 is 35.6 Å². The molecule has 0 spiro atoms. The van der Waals surface area contributed by atoms with Crippen molar-refractivity contribution in [1.29, 1.82) is 0 Å². The van der Waals surface area contributed by atoms with E-state index in [9.17, 15) is 4.79 Å². The molecule has 0 aliphatic heterocycles. The molecule has 0 saturated carbocycles. The number of hydrogen-bond donors (Lipinski definition) is 2. The second kappa shape index (κ2) is 4.51. The third-order valence-corrected chi connectivity index (χ3v) is 2.85. The highest BCUT2D eigenvalue weighted by molar-refractivity contribution is 7.80. The van der Waals surface area contributed by atoms with Crippen LogP contribution in [-0.4, -0.2) is 5.91 Å². The van der Waals surface area contributed by atoms with Crippen LogP contribution in [-0.2, 0) is 0 Å². The first-order valence-corrected chi connectivity index (χ1v) is 5.77. The van der Waals surface area contributed by atoms with Crippen molar-refractivity contribution in [2.45, 2.75) is 4.90 Å². The van der Waals surface area contributed by atoms with Gasteiger partial charge in [0.1, 0.15) is 0 Å². The summed E-state index contributed by atoms with van der Waals surface area (Å²) < 4.78 is 0. The molecule has 4 heteroatoms. The Bertz CT molecular complexity index is 465. The molecule has 0 atom stereocenters. The van der Waals surface area contributed by atoms with Gasteiger partial charge in [0, 0.05) is 15.8 Å². The largest absolute Gasteiger partial charge is 0.321 e. The Hall–Kier alpha value is -1.26. The first-order valence-electron chi connectivity index (χ1n) is 4.38. The van der Waals surface area contributed by atoms with Crippen LogP contribution >= 0.6 is 24.0 Å². The van der Waals surface area contributed by atoms with Crippen LogP contribution < -0.4 is 5.32 Å². The van der Waals surface area contributed by atoms with Crippen molar-refractivity contribution in [3.05, 3.63) is 46.7 Å². The molecular formula is C11H9NOS2. The number of rotatable bonds is 2. The lowest BCUT2D eigenvalue weighted by molar-refractivity contribution is 0.102. The average Bonchev–Trinajstić information content (AvgIpc) is 2.70. The molecule has 1 aromatic carbocycles. The fourth-order valence-corrected chi connectivity index (χ4v) is 2.00. The second-order valence-corrected chi connectivity index (χ2v) is 4.31. The molecule has 0 radical (unpaired) electrons. The van der Waals surface area contributed by atoms with Gasteiger partial charge in [-0.15, -0.1) is 12.6 Å². The van der Waals surface area contributed by atoms with Gasteiger partial charge in [-0.05, 0) is 29.6 Å². The molecule has 1 aromatic heterocycles. The summed E-state index contributed by atoms with van der Waals surface area (Å²) in [7, 11) is 0. The van der Waals surface area contributed by atoms with E-state index in [0.29, 0.717) is 5.56 Å². The third-order valence-electron chi connectivity index (χ3n) is 1.89. The summed E-state index contributed by atoms with van der Waals surface area (Å²) in [5, 5.41) is 6.62. The fraction of sp³-hybridized carbons (Fsp3) is 0. The number of amides is 1. The normalized spacial score (nSPS) is 9.93. The number of anilines is 1. The number of thiophene rings is 1. The molecule has 2 rings (SSSR count). The Kier molecular flexibility index (Phi) is 3.08. The van der Waals surface area contributed by atoms with Crippen LogP contribution in [0.4, 0.5) is 5.69 Å². The van der Waals surface area contributed by atoms with E-state index in [2.05, 4.69) is 17.9 Å². The minimum Gasteiger partial charge on any atom is -0.321 e. The molecule has 0 fully saturated rings. The van der Waals surface area contributed by atoms with Crippen molar-refractivity contribution < 1.29 is 4.79 Å². The van der Waals surface area contributed by atoms with Crippen LogP contribution in [0.5, 0.6) is 0 Å². The van der Waals surface area contributed by atoms with Gasteiger partial charge in [-0.3, -0.25) is 4.79 Å². The number of carbonyl (C=O) groups excluding carboxylic acids is 1. The number of nitrogens with one attached hydrogen (secondary N) is 1. The van der Waals surface area contributed by atoms with Gasteiger partial charge in [-0.1, -0.05) is 6.07 Å². The first kappa shape index (κ1) is 10.3. The van der Waals surface area contributed by atoms with Crippen LogP contribution in [0.3, 0.4) is 0 Å². The zero-order valence-electron chi connectivity index (χ0n) is 7.81. The zero-order valence-corrected chi connectivity index (χ0v) is 9.52. The zero-order chi connectivity index (χ0) is 10.7. The first-order chi connectivity index (χ1) is 7.25. The lowest BCUT2D eigenvalue weighted by Crippen LogP contribution is -2.10. The number of thiol groups is 1. The molecule has 1 N–H and O–H groups in total. The van der Waals surface area contributed by atoms with E-state index in [1.54, 1.807) is 23.5 Å². The third kappa shape index (κ3) is 2.61. The Balaban J connectivity index is 2.15.